The highest BCUT2D eigenvalue weighted by Crippen LogP contribution is 2.36. The summed E-state index contributed by atoms with van der Waals surface area (Å²) < 4.78 is 2.47. The number of Topliss-reactive ketones (excluding diaryl/α,β-unsaturated/α-hetero) is 1. The summed E-state index contributed by atoms with van der Waals surface area (Å²) in [6, 6.07) is 5.29. The average Bonchev–Trinajstić information content (AvgIpc) is 2.96. The molecular formula is C19H21BrClN3O5. The van der Waals surface area contributed by atoms with Crippen molar-refractivity contribution >= 4 is 50.7 Å². The minimum atomic E-state index is -1.11. The van der Waals surface area contributed by atoms with Crippen LogP contribution < -0.4 is 10.8 Å². The van der Waals surface area contributed by atoms with Crippen LogP contribution in [0.3, 0.4) is 0 Å². The second kappa shape index (κ2) is 9.27. The van der Waals surface area contributed by atoms with Crippen LogP contribution >= 0.6 is 27.5 Å². The van der Waals surface area contributed by atoms with E-state index in [0.717, 1.165) is 4.47 Å². The summed E-state index contributed by atoms with van der Waals surface area (Å²) in [5.41, 5.74) is 4.26. The minimum absolute atomic E-state index is 0.0330. The Labute approximate surface area is 180 Å². The Morgan fingerprint density at radius 1 is 1.41 bits per heavy atom. The summed E-state index contributed by atoms with van der Waals surface area (Å²) in [5, 5.41) is 21.8. The first kappa shape index (κ1) is 21.8. The normalized spacial score (nSPS) is 14.4. The van der Waals surface area contributed by atoms with Crippen LogP contribution in [0.2, 0.25) is 5.02 Å². The number of carbonyl (C=O) groups excluding carboxylic acids is 2. The van der Waals surface area contributed by atoms with Crippen LogP contribution in [0.5, 0.6) is 0 Å². The van der Waals surface area contributed by atoms with Gasteiger partial charge in [0.1, 0.15) is 18.5 Å². The van der Waals surface area contributed by atoms with Crippen LogP contribution in [0.25, 0.3) is 0 Å². The maximum Gasteiger partial charge on any atom is 0.278 e. The molecule has 1 aromatic heterocycles. The van der Waals surface area contributed by atoms with Crippen molar-refractivity contribution in [1.29, 1.82) is 0 Å². The number of hydrogen-bond acceptors (Lipinski definition) is 6. The number of amides is 1. The highest BCUT2D eigenvalue weighted by Gasteiger charge is 2.32. The van der Waals surface area contributed by atoms with Gasteiger partial charge in [0.25, 0.3) is 5.91 Å². The number of hydrogen-bond donors (Lipinski definition) is 4. The standard InChI is InChI=1S/C19H21BrClN3O5/c1-24-17-12(3-2-4-15(17)27)16(19(28)23-29-9-11(26)8-25)18(24)22-14-6-5-10(20)7-13(14)21/h5-7,11,22,25-26H,2-4,8-9H2,1H3,(H,23,28). The second-order valence-electron chi connectivity index (χ2n) is 6.71. The fourth-order valence-corrected chi connectivity index (χ4v) is 4.02. The van der Waals surface area contributed by atoms with Crippen molar-refractivity contribution in [2.75, 3.05) is 18.5 Å². The SMILES string of the molecule is Cn1c(Nc2ccc(Br)cc2Cl)c(C(=O)NOCC(O)CO)c2c1C(=O)CCC2. The van der Waals surface area contributed by atoms with Gasteiger partial charge in [0, 0.05) is 17.9 Å². The summed E-state index contributed by atoms with van der Waals surface area (Å²) in [6.07, 6.45) is 0.537. The van der Waals surface area contributed by atoms with Gasteiger partial charge in [-0.3, -0.25) is 14.4 Å². The van der Waals surface area contributed by atoms with Gasteiger partial charge in [-0.2, -0.15) is 0 Å². The number of anilines is 2. The number of halogens is 2. The number of benzene rings is 1. The van der Waals surface area contributed by atoms with E-state index in [1.54, 1.807) is 29.8 Å². The molecular weight excluding hydrogens is 466 g/mol. The van der Waals surface area contributed by atoms with Gasteiger partial charge in [-0.15, -0.1) is 0 Å². The van der Waals surface area contributed by atoms with Crippen LogP contribution in [-0.4, -0.2) is 45.8 Å². The van der Waals surface area contributed by atoms with Crippen molar-refractivity contribution in [2.24, 2.45) is 7.05 Å². The number of fused-ring (bicyclic) bond motifs is 1. The first-order valence-corrected chi connectivity index (χ1v) is 10.2. The molecule has 3 rings (SSSR count). The Hall–Kier alpha value is -1.91. The van der Waals surface area contributed by atoms with Gasteiger partial charge >= 0.3 is 0 Å². The van der Waals surface area contributed by atoms with Gasteiger partial charge in [0.2, 0.25) is 0 Å². The van der Waals surface area contributed by atoms with Crippen molar-refractivity contribution < 1.29 is 24.6 Å². The molecule has 8 nitrogen and oxygen atoms in total. The average molecular weight is 487 g/mol. The van der Waals surface area contributed by atoms with Crippen LogP contribution in [0.4, 0.5) is 11.5 Å². The van der Waals surface area contributed by atoms with Gasteiger partial charge in [0.05, 0.1) is 28.6 Å². The van der Waals surface area contributed by atoms with Crippen molar-refractivity contribution in [3.63, 3.8) is 0 Å². The fourth-order valence-electron chi connectivity index (χ4n) is 3.30. The van der Waals surface area contributed by atoms with Crippen molar-refractivity contribution in [2.45, 2.75) is 25.4 Å². The summed E-state index contributed by atoms with van der Waals surface area (Å²) in [4.78, 5) is 30.4. The number of carbonyl (C=O) groups is 2. The molecule has 1 heterocycles. The molecule has 0 bridgehead atoms. The van der Waals surface area contributed by atoms with Crippen LogP contribution in [0, 0.1) is 0 Å². The third-order valence-electron chi connectivity index (χ3n) is 4.65. The minimum Gasteiger partial charge on any atom is -0.394 e. The second-order valence-corrected chi connectivity index (χ2v) is 8.04. The number of hydroxylamine groups is 1. The molecule has 0 radical (unpaired) electrons. The van der Waals surface area contributed by atoms with Gasteiger partial charge in [-0.1, -0.05) is 27.5 Å². The lowest BCUT2D eigenvalue weighted by Crippen LogP contribution is -2.30. The molecule has 1 aliphatic rings. The molecule has 1 aromatic carbocycles. The number of aliphatic hydroxyl groups excluding tert-OH is 2. The topological polar surface area (TPSA) is 113 Å². The quantitative estimate of drug-likeness (QED) is 0.448. The third kappa shape index (κ3) is 4.65. The molecule has 1 amide bonds. The highest BCUT2D eigenvalue weighted by molar-refractivity contribution is 9.10. The van der Waals surface area contributed by atoms with Crippen LogP contribution in [-0.2, 0) is 18.3 Å². The van der Waals surface area contributed by atoms with E-state index in [1.807, 2.05) is 0 Å². The third-order valence-corrected chi connectivity index (χ3v) is 5.46. The van der Waals surface area contributed by atoms with E-state index in [0.29, 0.717) is 47.0 Å². The number of aliphatic hydroxyl groups is 2. The molecule has 10 heteroatoms. The molecule has 0 spiro atoms. The Morgan fingerprint density at radius 3 is 2.86 bits per heavy atom. The van der Waals surface area contributed by atoms with Gasteiger partial charge in [0.15, 0.2) is 5.78 Å². The maximum atomic E-state index is 12.9. The predicted octanol–water partition coefficient (Wildman–Crippen LogP) is 2.72. The zero-order valence-corrected chi connectivity index (χ0v) is 18.0. The number of nitrogens with one attached hydrogen (secondary N) is 2. The Balaban J connectivity index is 1.98. The van der Waals surface area contributed by atoms with E-state index in [-0.39, 0.29) is 18.0 Å². The van der Waals surface area contributed by atoms with Crippen LogP contribution in [0.15, 0.2) is 22.7 Å². The number of rotatable bonds is 7. The first-order valence-electron chi connectivity index (χ1n) is 9.01. The molecule has 156 valence electrons. The molecule has 29 heavy (non-hydrogen) atoms. The molecule has 4 N–H and O–H groups in total. The lowest BCUT2D eigenvalue weighted by atomic mass is 9.93. The van der Waals surface area contributed by atoms with Crippen molar-refractivity contribution in [3.8, 4) is 0 Å². The molecule has 2 aromatic rings. The summed E-state index contributed by atoms with van der Waals surface area (Å²) in [6.45, 7) is -0.753. The lowest BCUT2D eigenvalue weighted by molar-refractivity contribution is -0.0295. The summed E-state index contributed by atoms with van der Waals surface area (Å²) in [5.74, 6) is -0.176. The van der Waals surface area contributed by atoms with E-state index >= 15 is 0 Å². The smallest absolute Gasteiger partial charge is 0.278 e. The molecule has 1 aliphatic carbocycles. The molecule has 1 unspecified atom stereocenters. The lowest BCUT2D eigenvalue weighted by Gasteiger charge is -2.14. The zero-order valence-electron chi connectivity index (χ0n) is 15.7. The van der Waals surface area contributed by atoms with Crippen LogP contribution in [0.1, 0.15) is 39.3 Å². The fraction of sp³-hybridized carbons (Fsp3) is 0.368. The van der Waals surface area contributed by atoms with Gasteiger partial charge in [-0.25, -0.2) is 5.48 Å². The molecule has 0 saturated carbocycles. The predicted molar refractivity (Wildman–Crippen MR) is 112 cm³/mol. The van der Waals surface area contributed by atoms with Crippen molar-refractivity contribution in [3.05, 3.63) is 44.5 Å². The maximum absolute atomic E-state index is 12.9. The monoisotopic (exact) mass is 485 g/mol. The van der Waals surface area contributed by atoms with E-state index in [1.165, 1.54) is 0 Å². The van der Waals surface area contributed by atoms with Gasteiger partial charge < -0.3 is 20.1 Å². The van der Waals surface area contributed by atoms with E-state index in [2.05, 4.69) is 26.7 Å². The van der Waals surface area contributed by atoms with E-state index in [4.69, 9.17) is 21.5 Å². The summed E-state index contributed by atoms with van der Waals surface area (Å²) >= 11 is 9.66. The molecule has 0 saturated heterocycles. The number of aromatic nitrogens is 1. The summed E-state index contributed by atoms with van der Waals surface area (Å²) in [7, 11) is 1.71. The van der Waals surface area contributed by atoms with E-state index in [9.17, 15) is 14.7 Å². The highest BCUT2D eigenvalue weighted by atomic mass is 79.9. The Kier molecular flexibility index (Phi) is 6.97. The molecule has 0 fully saturated rings. The number of nitrogens with zero attached hydrogens (tertiary/aromatic N) is 1. The number of ketones is 1. The van der Waals surface area contributed by atoms with Crippen molar-refractivity contribution in [1.82, 2.24) is 10.0 Å². The van der Waals surface area contributed by atoms with Gasteiger partial charge in [-0.05, 0) is 36.6 Å². The molecule has 1 atom stereocenters. The zero-order chi connectivity index (χ0) is 21.1. The first-order chi connectivity index (χ1) is 13.8. The molecule has 0 aliphatic heterocycles. The Bertz CT molecular complexity index is 946. The van der Waals surface area contributed by atoms with E-state index < -0.39 is 18.6 Å². The largest absolute Gasteiger partial charge is 0.394 e. The Morgan fingerprint density at radius 2 is 2.17 bits per heavy atom.